The van der Waals surface area contributed by atoms with Crippen molar-refractivity contribution in [3.8, 4) is 0 Å². The van der Waals surface area contributed by atoms with Gasteiger partial charge in [0.15, 0.2) is 0 Å². The predicted molar refractivity (Wildman–Crippen MR) is 80.4 cm³/mol. The first kappa shape index (κ1) is 17.5. The van der Waals surface area contributed by atoms with Gasteiger partial charge in [-0.15, -0.1) is 0 Å². The lowest BCUT2D eigenvalue weighted by atomic mass is 10.1. The molecule has 0 aliphatic carbocycles. The van der Waals surface area contributed by atoms with Gasteiger partial charge in [0.2, 0.25) is 0 Å². The van der Waals surface area contributed by atoms with Crippen LogP contribution in [0.3, 0.4) is 0 Å². The summed E-state index contributed by atoms with van der Waals surface area (Å²) in [4.78, 5) is 23.3. The lowest BCUT2D eigenvalue weighted by Gasteiger charge is -2.12. The molecule has 0 saturated carbocycles. The van der Waals surface area contributed by atoms with Crippen LogP contribution in [0.4, 0.5) is 13.2 Å². The molecule has 0 fully saturated rings. The summed E-state index contributed by atoms with van der Waals surface area (Å²) >= 11 is 0. The summed E-state index contributed by atoms with van der Waals surface area (Å²) in [6, 6.07) is 10.8. The average Bonchev–Trinajstić information content (AvgIpc) is 2.58. The Kier molecular flexibility index (Phi) is 5.23. The van der Waals surface area contributed by atoms with E-state index >= 15 is 0 Å². The van der Waals surface area contributed by atoms with Crippen molar-refractivity contribution in [2.75, 3.05) is 7.11 Å². The van der Waals surface area contributed by atoms with Gasteiger partial charge in [-0.25, -0.2) is 4.79 Å². The molecule has 0 bridgehead atoms. The van der Waals surface area contributed by atoms with E-state index in [2.05, 4.69) is 10.1 Å². The minimum atomic E-state index is -4.60. The highest BCUT2D eigenvalue weighted by Crippen LogP contribution is 2.31. The van der Waals surface area contributed by atoms with Crippen molar-refractivity contribution in [2.24, 2.45) is 0 Å². The molecular weight excluding hydrogens is 323 g/mol. The molecule has 0 saturated heterocycles. The smallest absolute Gasteiger partial charge is 0.417 e. The molecule has 4 nitrogen and oxygen atoms in total. The Morgan fingerprint density at radius 1 is 1.04 bits per heavy atom. The van der Waals surface area contributed by atoms with E-state index in [9.17, 15) is 22.8 Å². The molecule has 2 aromatic carbocycles. The number of amides is 1. The van der Waals surface area contributed by atoms with Crippen LogP contribution >= 0.6 is 0 Å². The van der Waals surface area contributed by atoms with Crippen molar-refractivity contribution in [1.82, 2.24) is 5.32 Å². The van der Waals surface area contributed by atoms with Gasteiger partial charge in [-0.1, -0.05) is 24.3 Å². The van der Waals surface area contributed by atoms with E-state index in [4.69, 9.17) is 0 Å². The standard InChI is InChI=1S/C17H14F3NO3/c1-24-16(23)12-8-6-11(7-9-12)10-21-15(22)13-4-2-3-5-14(13)17(18,19)20/h2-9H,10H2,1H3,(H,21,22). The summed E-state index contributed by atoms with van der Waals surface area (Å²) in [6.45, 7) is 0.0342. The molecule has 126 valence electrons. The van der Waals surface area contributed by atoms with Crippen LogP contribution in [-0.2, 0) is 17.5 Å². The summed E-state index contributed by atoms with van der Waals surface area (Å²) in [5.74, 6) is -1.32. The molecule has 2 aromatic rings. The number of methoxy groups -OCH3 is 1. The Hall–Kier alpha value is -2.83. The molecule has 0 spiro atoms. The first-order valence-electron chi connectivity index (χ1n) is 6.94. The zero-order valence-corrected chi connectivity index (χ0v) is 12.7. The quantitative estimate of drug-likeness (QED) is 0.870. The molecule has 0 aliphatic rings. The highest BCUT2D eigenvalue weighted by Gasteiger charge is 2.34. The van der Waals surface area contributed by atoms with Gasteiger partial charge >= 0.3 is 12.1 Å². The minimum absolute atomic E-state index is 0.0342. The van der Waals surface area contributed by atoms with Gasteiger partial charge in [0.25, 0.3) is 5.91 Å². The molecule has 0 radical (unpaired) electrons. The zero-order chi connectivity index (χ0) is 17.7. The Morgan fingerprint density at radius 3 is 2.25 bits per heavy atom. The van der Waals surface area contributed by atoms with Crippen molar-refractivity contribution < 1.29 is 27.5 Å². The topological polar surface area (TPSA) is 55.4 Å². The van der Waals surface area contributed by atoms with Gasteiger partial charge in [-0.2, -0.15) is 13.2 Å². The third kappa shape index (κ3) is 4.13. The van der Waals surface area contributed by atoms with Gasteiger partial charge < -0.3 is 10.1 Å². The molecule has 0 aromatic heterocycles. The highest BCUT2D eigenvalue weighted by atomic mass is 19.4. The van der Waals surface area contributed by atoms with Crippen LogP contribution in [0, 0.1) is 0 Å². The van der Waals surface area contributed by atoms with Gasteiger partial charge in [0, 0.05) is 6.54 Å². The van der Waals surface area contributed by atoms with E-state index in [0.29, 0.717) is 11.1 Å². The molecule has 7 heteroatoms. The number of alkyl halides is 3. The van der Waals surface area contributed by atoms with Gasteiger partial charge in [-0.05, 0) is 29.8 Å². The lowest BCUT2D eigenvalue weighted by Crippen LogP contribution is -2.25. The number of carbonyl (C=O) groups excluding carboxylic acids is 2. The van der Waals surface area contributed by atoms with Crippen LogP contribution < -0.4 is 5.32 Å². The largest absolute Gasteiger partial charge is 0.465 e. The average molecular weight is 337 g/mol. The zero-order valence-electron chi connectivity index (χ0n) is 12.7. The molecule has 1 N–H and O–H groups in total. The predicted octanol–water partition coefficient (Wildman–Crippen LogP) is 3.42. The van der Waals surface area contributed by atoms with Crippen LogP contribution in [0.15, 0.2) is 48.5 Å². The number of carbonyl (C=O) groups is 2. The number of hydrogen-bond donors (Lipinski definition) is 1. The molecule has 1 amide bonds. The fourth-order valence-corrected chi connectivity index (χ4v) is 2.08. The second kappa shape index (κ2) is 7.16. The number of rotatable bonds is 4. The molecule has 2 rings (SSSR count). The maximum Gasteiger partial charge on any atom is 0.417 e. The fraction of sp³-hybridized carbons (Fsp3) is 0.176. The molecular formula is C17H14F3NO3. The fourth-order valence-electron chi connectivity index (χ4n) is 2.08. The van der Waals surface area contributed by atoms with Crippen LogP contribution in [-0.4, -0.2) is 19.0 Å². The van der Waals surface area contributed by atoms with Crippen molar-refractivity contribution in [3.05, 3.63) is 70.8 Å². The summed E-state index contributed by atoms with van der Waals surface area (Å²) in [5, 5.41) is 2.44. The van der Waals surface area contributed by atoms with Crippen molar-refractivity contribution in [1.29, 1.82) is 0 Å². The van der Waals surface area contributed by atoms with Gasteiger partial charge in [0.1, 0.15) is 0 Å². The van der Waals surface area contributed by atoms with Crippen molar-refractivity contribution in [2.45, 2.75) is 12.7 Å². The number of halogens is 3. The number of esters is 1. The first-order chi connectivity index (χ1) is 11.3. The third-order valence-corrected chi connectivity index (χ3v) is 3.31. The summed E-state index contributed by atoms with van der Waals surface area (Å²) < 4.78 is 43.3. The maximum atomic E-state index is 12.9. The highest BCUT2D eigenvalue weighted by molar-refractivity contribution is 5.95. The number of nitrogens with one attached hydrogen (secondary N) is 1. The normalized spacial score (nSPS) is 11.0. The molecule has 24 heavy (non-hydrogen) atoms. The molecule has 0 unspecified atom stereocenters. The minimum Gasteiger partial charge on any atom is -0.465 e. The second-order valence-electron chi connectivity index (χ2n) is 4.91. The van der Waals surface area contributed by atoms with E-state index in [1.54, 1.807) is 12.1 Å². The van der Waals surface area contributed by atoms with E-state index < -0.39 is 29.2 Å². The van der Waals surface area contributed by atoms with E-state index in [1.165, 1.54) is 31.4 Å². The van der Waals surface area contributed by atoms with E-state index in [1.807, 2.05) is 0 Å². The Labute approximate surface area is 136 Å². The second-order valence-corrected chi connectivity index (χ2v) is 4.91. The summed E-state index contributed by atoms with van der Waals surface area (Å²) in [7, 11) is 1.26. The Balaban J connectivity index is 2.08. The van der Waals surface area contributed by atoms with Crippen LogP contribution in [0.1, 0.15) is 31.8 Å². The van der Waals surface area contributed by atoms with Crippen LogP contribution in [0.5, 0.6) is 0 Å². The Morgan fingerprint density at radius 2 is 1.67 bits per heavy atom. The number of ether oxygens (including phenoxy) is 1. The molecule has 0 atom stereocenters. The summed E-state index contributed by atoms with van der Waals surface area (Å²) in [5.41, 5.74) is -0.435. The lowest BCUT2D eigenvalue weighted by molar-refractivity contribution is -0.137. The van der Waals surface area contributed by atoms with Gasteiger partial charge in [0.05, 0.1) is 23.8 Å². The molecule has 0 aliphatic heterocycles. The first-order valence-corrected chi connectivity index (χ1v) is 6.94. The number of benzene rings is 2. The number of hydrogen-bond acceptors (Lipinski definition) is 3. The Bertz CT molecular complexity index is 739. The molecule has 0 heterocycles. The third-order valence-electron chi connectivity index (χ3n) is 3.31. The van der Waals surface area contributed by atoms with Crippen LogP contribution in [0.25, 0.3) is 0 Å². The SMILES string of the molecule is COC(=O)c1ccc(CNC(=O)c2ccccc2C(F)(F)F)cc1. The monoisotopic (exact) mass is 337 g/mol. The van der Waals surface area contributed by atoms with Gasteiger partial charge in [-0.3, -0.25) is 4.79 Å². The van der Waals surface area contributed by atoms with Crippen LogP contribution in [0.2, 0.25) is 0 Å². The summed E-state index contributed by atoms with van der Waals surface area (Å²) in [6.07, 6.45) is -4.60. The van der Waals surface area contributed by atoms with Crippen molar-refractivity contribution in [3.63, 3.8) is 0 Å². The van der Waals surface area contributed by atoms with E-state index in [0.717, 1.165) is 12.1 Å². The maximum absolute atomic E-state index is 12.9. The van der Waals surface area contributed by atoms with E-state index in [-0.39, 0.29) is 6.54 Å². The van der Waals surface area contributed by atoms with Crippen molar-refractivity contribution >= 4 is 11.9 Å².